The number of imide groups is 1. The third-order valence-corrected chi connectivity index (χ3v) is 3.97. The molecule has 4 amide bonds. The van der Waals surface area contributed by atoms with Crippen LogP contribution in [0, 0.1) is 0 Å². The fourth-order valence-corrected chi connectivity index (χ4v) is 2.63. The van der Waals surface area contributed by atoms with Crippen molar-refractivity contribution in [1.29, 1.82) is 0 Å². The minimum Gasteiger partial charge on any atom is -0.455 e. The monoisotopic (exact) mass is 403 g/mol. The average Bonchev–Trinajstić information content (AvgIpc) is 2.66. The standard InChI is InChI=1S/C19H18ClN3O5/c20-14-9-5-4-8-13(14)15(22-19(21)27)10-17(25)28-11-16(24)23-18(26)12-6-2-1-3-7-12/h1-9,15H,10-11H2,(H3,21,22,27)(H,23,24,26)/t15-/m0/s1. The van der Waals surface area contributed by atoms with Crippen molar-refractivity contribution in [1.82, 2.24) is 10.6 Å². The molecule has 0 spiro atoms. The number of amides is 4. The minimum atomic E-state index is -0.844. The molecule has 0 aliphatic carbocycles. The lowest BCUT2D eigenvalue weighted by molar-refractivity contribution is -0.148. The first-order valence-corrected chi connectivity index (χ1v) is 8.60. The third-order valence-electron chi connectivity index (χ3n) is 3.62. The molecule has 0 saturated carbocycles. The number of hydrogen-bond donors (Lipinski definition) is 3. The lowest BCUT2D eigenvalue weighted by Gasteiger charge is -2.18. The maximum Gasteiger partial charge on any atom is 0.312 e. The van der Waals surface area contributed by atoms with Crippen LogP contribution in [0.15, 0.2) is 54.6 Å². The summed E-state index contributed by atoms with van der Waals surface area (Å²) in [4.78, 5) is 46.9. The molecule has 4 N–H and O–H groups in total. The van der Waals surface area contributed by atoms with Crippen LogP contribution in [0.1, 0.15) is 28.4 Å². The number of ether oxygens (including phenoxy) is 1. The Labute approximate surface area is 166 Å². The van der Waals surface area contributed by atoms with E-state index in [1.807, 2.05) is 0 Å². The van der Waals surface area contributed by atoms with E-state index >= 15 is 0 Å². The van der Waals surface area contributed by atoms with Gasteiger partial charge in [-0.25, -0.2) is 4.79 Å². The van der Waals surface area contributed by atoms with Crippen LogP contribution in [0.2, 0.25) is 5.02 Å². The van der Waals surface area contributed by atoms with Gasteiger partial charge in [0.25, 0.3) is 11.8 Å². The van der Waals surface area contributed by atoms with Gasteiger partial charge in [-0.2, -0.15) is 0 Å². The van der Waals surface area contributed by atoms with Crippen molar-refractivity contribution in [2.75, 3.05) is 6.61 Å². The zero-order valence-electron chi connectivity index (χ0n) is 14.7. The summed E-state index contributed by atoms with van der Waals surface area (Å²) in [5, 5.41) is 4.85. The van der Waals surface area contributed by atoms with Gasteiger partial charge in [-0.1, -0.05) is 48.0 Å². The summed E-state index contributed by atoms with van der Waals surface area (Å²) in [6, 6.07) is 13.1. The molecule has 2 rings (SSSR count). The lowest BCUT2D eigenvalue weighted by atomic mass is 10.0. The predicted octanol–water partition coefficient (Wildman–Crippen LogP) is 1.94. The Bertz CT molecular complexity index is 873. The molecule has 0 aliphatic heterocycles. The molecule has 2 aromatic rings. The van der Waals surface area contributed by atoms with E-state index < -0.39 is 36.5 Å². The molecule has 146 valence electrons. The number of benzene rings is 2. The quantitative estimate of drug-likeness (QED) is 0.608. The zero-order valence-corrected chi connectivity index (χ0v) is 15.4. The van der Waals surface area contributed by atoms with E-state index in [1.165, 1.54) is 0 Å². The van der Waals surface area contributed by atoms with E-state index in [9.17, 15) is 19.2 Å². The summed E-state index contributed by atoms with van der Waals surface area (Å²) < 4.78 is 4.88. The molecule has 9 heteroatoms. The summed E-state index contributed by atoms with van der Waals surface area (Å²) in [5.41, 5.74) is 5.92. The van der Waals surface area contributed by atoms with Gasteiger partial charge in [0.15, 0.2) is 6.61 Å². The first-order chi connectivity index (χ1) is 13.4. The summed E-state index contributed by atoms with van der Waals surface area (Å²) in [5.74, 6) is -2.16. The van der Waals surface area contributed by atoms with Gasteiger partial charge in [0, 0.05) is 10.6 Å². The second-order valence-electron chi connectivity index (χ2n) is 5.69. The maximum absolute atomic E-state index is 12.1. The molecular weight excluding hydrogens is 386 g/mol. The highest BCUT2D eigenvalue weighted by molar-refractivity contribution is 6.31. The SMILES string of the molecule is NC(=O)N[C@@H](CC(=O)OCC(=O)NC(=O)c1ccccc1)c1ccccc1Cl. The number of hydrogen-bond acceptors (Lipinski definition) is 5. The molecule has 0 heterocycles. The number of halogens is 1. The number of nitrogens with two attached hydrogens (primary N) is 1. The summed E-state index contributed by atoms with van der Waals surface area (Å²) in [7, 11) is 0. The van der Waals surface area contributed by atoms with E-state index in [0.717, 1.165) is 0 Å². The first kappa shape index (κ1) is 20.9. The van der Waals surface area contributed by atoms with Crippen LogP contribution in [0.25, 0.3) is 0 Å². The summed E-state index contributed by atoms with van der Waals surface area (Å²) >= 11 is 6.08. The van der Waals surface area contributed by atoms with E-state index in [1.54, 1.807) is 54.6 Å². The van der Waals surface area contributed by atoms with Crippen molar-refractivity contribution in [3.63, 3.8) is 0 Å². The van der Waals surface area contributed by atoms with Crippen LogP contribution in [0.4, 0.5) is 4.79 Å². The second kappa shape index (κ2) is 10.1. The van der Waals surface area contributed by atoms with Gasteiger partial charge in [0.2, 0.25) is 0 Å². The van der Waals surface area contributed by atoms with Gasteiger partial charge < -0.3 is 15.8 Å². The Morgan fingerprint density at radius 3 is 2.29 bits per heavy atom. The maximum atomic E-state index is 12.1. The van der Waals surface area contributed by atoms with Crippen molar-refractivity contribution in [2.24, 2.45) is 5.73 Å². The normalized spacial score (nSPS) is 11.2. The molecule has 28 heavy (non-hydrogen) atoms. The van der Waals surface area contributed by atoms with Gasteiger partial charge in [-0.15, -0.1) is 0 Å². The van der Waals surface area contributed by atoms with Crippen LogP contribution in [-0.2, 0) is 14.3 Å². The van der Waals surface area contributed by atoms with Crippen LogP contribution < -0.4 is 16.4 Å². The molecule has 0 aromatic heterocycles. The Balaban J connectivity index is 1.90. The van der Waals surface area contributed by atoms with Gasteiger partial charge in [0.1, 0.15) is 0 Å². The summed E-state index contributed by atoms with van der Waals surface area (Å²) in [6.07, 6.45) is -0.299. The number of nitrogens with one attached hydrogen (secondary N) is 2. The van der Waals surface area contributed by atoms with E-state index in [0.29, 0.717) is 16.1 Å². The van der Waals surface area contributed by atoms with Crippen molar-refractivity contribution in [3.05, 3.63) is 70.7 Å². The van der Waals surface area contributed by atoms with Crippen molar-refractivity contribution in [3.8, 4) is 0 Å². The lowest BCUT2D eigenvalue weighted by Crippen LogP contribution is -2.36. The van der Waals surface area contributed by atoms with Gasteiger partial charge in [-0.05, 0) is 23.8 Å². The smallest absolute Gasteiger partial charge is 0.312 e. The van der Waals surface area contributed by atoms with Crippen LogP contribution in [0.5, 0.6) is 0 Å². The van der Waals surface area contributed by atoms with E-state index in [4.69, 9.17) is 22.1 Å². The topological polar surface area (TPSA) is 128 Å². The number of rotatable bonds is 7. The fourth-order valence-electron chi connectivity index (χ4n) is 2.36. The van der Waals surface area contributed by atoms with Crippen molar-refractivity contribution < 1.29 is 23.9 Å². The predicted molar refractivity (Wildman–Crippen MR) is 101 cm³/mol. The third kappa shape index (κ3) is 6.40. The van der Waals surface area contributed by atoms with Crippen LogP contribution >= 0.6 is 11.6 Å². The average molecular weight is 404 g/mol. The van der Waals surface area contributed by atoms with E-state index in [-0.39, 0.29) is 6.42 Å². The molecule has 0 aliphatic rings. The zero-order chi connectivity index (χ0) is 20.5. The Morgan fingerprint density at radius 1 is 1.00 bits per heavy atom. The molecule has 0 bridgehead atoms. The van der Waals surface area contributed by atoms with Gasteiger partial charge in [0.05, 0.1) is 12.5 Å². The molecule has 2 aromatic carbocycles. The number of carbonyl (C=O) groups is 4. The van der Waals surface area contributed by atoms with Crippen LogP contribution in [0.3, 0.4) is 0 Å². The molecule has 1 atom stereocenters. The fraction of sp³-hybridized carbons (Fsp3) is 0.158. The number of urea groups is 1. The second-order valence-corrected chi connectivity index (χ2v) is 6.10. The highest BCUT2D eigenvalue weighted by Gasteiger charge is 2.21. The molecular formula is C19H18ClN3O5. The highest BCUT2D eigenvalue weighted by atomic mass is 35.5. The molecule has 0 fully saturated rings. The number of primary amides is 1. The Hall–Kier alpha value is -3.39. The molecule has 0 unspecified atom stereocenters. The summed E-state index contributed by atoms with van der Waals surface area (Å²) in [6.45, 7) is -0.650. The Kier molecular flexibility index (Phi) is 7.53. The van der Waals surface area contributed by atoms with Crippen molar-refractivity contribution >= 4 is 35.4 Å². The molecule has 0 radical (unpaired) electrons. The molecule has 8 nitrogen and oxygen atoms in total. The Morgan fingerprint density at radius 2 is 1.64 bits per heavy atom. The van der Waals surface area contributed by atoms with Crippen LogP contribution in [-0.4, -0.2) is 30.4 Å². The first-order valence-electron chi connectivity index (χ1n) is 8.22. The van der Waals surface area contributed by atoms with Crippen molar-refractivity contribution in [2.45, 2.75) is 12.5 Å². The molecule has 0 saturated heterocycles. The number of carbonyl (C=O) groups excluding carboxylic acids is 4. The highest BCUT2D eigenvalue weighted by Crippen LogP contribution is 2.25. The van der Waals surface area contributed by atoms with E-state index in [2.05, 4.69) is 10.6 Å². The minimum absolute atomic E-state index is 0.298. The number of esters is 1. The largest absolute Gasteiger partial charge is 0.455 e. The van der Waals surface area contributed by atoms with Gasteiger partial charge in [-0.3, -0.25) is 19.7 Å². The van der Waals surface area contributed by atoms with Gasteiger partial charge >= 0.3 is 12.0 Å².